The average Bonchev–Trinajstić information content (AvgIpc) is 3.12. The number of ether oxygens (including phenoxy) is 1. The van der Waals surface area contributed by atoms with Crippen molar-refractivity contribution in [2.75, 3.05) is 0 Å². The van der Waals surface area contributed by atoms with Gasteiger partial charge in [-0.2, -0.15) is 0 Å². The zero-order valence-corrected chi connectivity index (χ0v) is 13.6. The van der Waals surface area contributed by atoms with Crippen molar-refractivity contribution in [1.29, 1.82) is 0 Å². The third-order valence-corrected chi connectivity index (χ3v) is 8.86. The minimum atomic E-state index is -0.0310. The molecule has 5 fully saturated rings. The first kappa shape index (κ1) is 13.4. The van der Waals surface area contributed by atoms with Gasteiger partial charge in [-0.1, -0.05) is 13.8 Å². The van der Waals surface area contributed by atoms with Crippen LogP contribution < -0.4 is 0 Å². The van der Waals surface area contributed by atoms with Crippen LogP contribution >= 0.6 is 0 Å². The van der Waals surface area contributed by atoms with E-state index in [1.54, 1.807) is 0 Å². The molecule has 1 N–H and O–H groups in total. The first-order chi connectivity index (χ1) is 10.0. The lowest BCUT2D eigenvalue weighted by molar-refractivity contribution is -0.117. The number of hydrogen-bond donors (Lipinski definition) is 1. The molecule has 0 aromatic heterocycles. The molecule has 118 valence electrons. The van der Waals surface area contributed by atoms with Crippen LogP contribution in [-0.2, 0) is 4.74 Å². The van der Waals surface area contributed by atoms with Crippen molar-refractivity contribution < 1.29 is 9.84 Å². The van der Waals surface area contributed by atoms with Crippen molar-refractivity contribution in [3.8, 4) is 0 Å². The zero-order valence-electron chi connectivity index (χ0n) is 13.6. The lowest BCUT2D eigenvalue weighted by atomic mass is 9.45. The molecule has 1 heterocycles. The molecule has 0 aromatic carbocycles. The van der Waals surface area contributed by atoms with E-state index in [9.17, 15) is 5.11 Å². The lowest BCUT2D eigenvalue weighted by Crippen LogP contribution is -2.54. The van der Waals surface area contributed by atoms with Crippen LogP contribution in [0.1, 0.15) is 65.2 Å². The van der Waals surface area contributed by atoms with E-state index >= 15 is 0 Å². The molecule has 4 saturated carbocycles. The van der Waals surface area contributed by atoms with Crippen LogP contribution in [0, 0.1) is 34.5 Å². The van der Waals surface area contributed by atoms with Gasteiger partial charge in [-0.3, -0.25) is 0 Å². The van der Waals surface area contributed by atoms with Gasteiger partial charge < -0.3 is 9.84 Å². The van der Waals surface area contributed by atoms with Crippen LogP contribution in [0.5, 0.6) is 0 Å². The quantitative estimate of drug-likeness (QED) is 0.689. The fourth-order valence-electron chi connectivity index (χ4n) is 7.49. The molecular formula is C19H30O2. The van der Waals surface area contributed by atoms with Crippen molar-refractivity contribution in [1.82, 2.24) is 0 Å². The van der Waals surface area contributed by atoms with Crippen LogP contribution in [0.4, 0.5) is 0 Å². The maximum Gasteiger partial charge on any atom is 0.0847 e. The fourth-order valence-corrected chi connectivity index (χ4v) is 7.49. The lowest BCUT2D eigenvalue weighted by Gasteiger charge is -2.59. The summed E-state index contributed by atoms with van der Waals surface area (Å²) in [6.45, 7) is 4.99. The SMILES string of the molecule is C[C@]12C[C@H]3O[C@H]3C[C@@H]1CC[C@@H]1[C@@H]2CC[C@]2(C)[C@@H](O)CC[C@@H]12. The largest absolute Gasteiger partial charge is 0.393 e. The number of rotatable bonds is 0. The second-order valence-corrected chi connectivity index (χ2v) is 9.45. The van der Waals surface area contributed by atoms with Crippen LogP contribution in [0.25, 0.3) is 0 Å². The van der Waals surface area contributed by atoms with Gasteiger partial charge in [0.1, 0.15) is 0 Å². The number of aliphatic hydroxyl groups excluding tert-OH is 1. The van der Waals surface area contributed by atoms with Crippen molar-refractivity contribution in [2.24, 2.45) is 34.5 Å². The molecule has 0 unspecified atom stereocenters. The Labute approximate surface area is 128 Å². The minimum Gasteiger partial charge on any atom is -0.393 e. The molecule has 0 radical (unpaired) electrons. The number of epoxide rings is 1. The predicted molar refractivity (Wildman–Crippen MR) is 81.8 cm³/mol. The van der Waals surface area contributed by atoms with E-state index in [2.05, 4.69) is 13.8 Å². The number of fused-ring (bicyclic) bond motifs is 6. The number of aliphatic hydroxyl groups is 1. The van der Waals surface area contributed by atoms with Gasteiger partial charge >= 0.3 is 0 Å². The van der Waals surface area contributed by atoms with Crippen molar-refractivity contribution >= 4 is 0 Å². The molecule has 0 spiro atoms. The molecule has 0 aromatic rings. The topological polar surface area (TPSA) is 32.8 Å². The average molecular weight is 290 g/mol. The first-order valence-electron chi connectivity index (χ1n) is 9.36. The molecule has 4 aliphatic carbocycles. The van der Waals surface area contributed by atoms with Crippen molar-refractivity contribution in [2.45, 2.75) is 83.5 Å². The van der Waals surface area contributed by atoms with E-state index < -0.39 is 0 Å². The monoisotopic (exact) mass is 290 g/mol. The Bertz CT molecular complexity index is 462. The van der Waals surface area contributed by atoms with Gasteiger partial charge in [-0.05, 0) is 85.9 Å². The summed E-state index contributed by atoms with van der Waals surface area (Å²) in [6, 6.07) is 0. The summed E-state index contributed by atoms with van der Waals surface area (Å²) in [5.41, 5.74) is 0.771. The van der Waals surface area contributed by atoms with E-state index in [0.717, 1.165) is 30.1 Å². The van der Waals surface area contributed by atoms with Crippen LogP contribution in [0.3, 0.4) is 0 Å². The summed E-state index contributed by atoms with van der Waals surface area (Å²) >= 11 is 0. The van der Waals surface area contributed by atoms with Gasteiger partial charge in [0.15, 0.2) is 0 Å². The molecule has 9 atom stereocenters. The molecule has 1 aliphatic heterocycles. The third kappa shape index (κ3) is 1.62. The second kappa shape index (κ2) is 4.06. The summed E-state index contributed by atoms with van der Waals surface area (Å²) in [7, 11) is 0. The Morgan fingerprint density at radius 2 is 1.71 bits per heavy atom. The Morgan fingerprint density at radius 3 is 2.57 bits per heavy atom. The molecule has 5 rings (SSSR count). The maximum atomic E-state index is 10.5. The van der Waals surface area contributed by atoms with E-state index in [-0.39, 0.29) is 11.5 Å². The second-order valence-electron chi connectivity index (χ2n) is 9.45. The van der Waals surface area contributed by atoms with E-state index in [4.69, 9.17) is 4.74 Å². The van der Waals surface area contributed by atoms with Gasteiger partial charge in [0.05, 0.1) is 18.3 Å². The smallest absolute Gasteiger partial charge is 0.0847 e. The van der Waals surface area contributed by atoms with E-state index in [1.807, 2.05) is 0 Å². The van der Waals surface area contributed by atoms with Crippen LogP contribution in [0.15, 0.2) is 0 Å². The summed E-state index contributed by atoms with van der Waals surface area (Å²) in [4.78, 5) is 0. The zero-order chi connectivity index (χ0) is 14.4. The highest BCUT2D eigenvalue weighted by Crippen LogP contribution is 2.67. The summed E-state index contributed by atoms with van der Waals surface area (Å²) in [5.74, 6) is 3.50. The molecule has 0 amide bonds. The standard InChI is InChI=1S/C19H30O2/c1-18-8-7-14-12(13(18)5-6-17(18)20)4-3-11-9-15-16(21-15)10-19(11,14)2/h11-17,20H,3-10H2,1-2H3/t11-,12-,13-,14-,15-,16+,17-,18-,19-/m0/s1. The van der Waals surface area contributed by atoms with Crippen LogP contribution in [-0.4, -0.2) is 23.4 Å². The Kier molecular flexibility index (Phi) is 2.58. The predicted octanol–water partition coefficient (Wildman–Crippen LogP) is 3.77. The third-order valence-electron chi connectivity index (χ3n) is 8.86. The highest BCUT2D eigenvalue weighted by molar-refractivity contribution is 5.12. The van der Waals surface area contributed by atoms with Gasteiger partial charge in [0.2, 0.25) is 0 Å². The summed E-state index contributed by atoms with van der Waals surface area (Å²) in [5, 5.41) is 10.5. The normalized spacial score (nSPS) is 65.0. The molecule has 1 saturated heterocycles. The molecule has 0 bridgehead atoms. The molecule has 21 heavy (non-hydrogen) atoms. The van der Waals surface area contributed by atoms with Crippen molar-refractivity contribution in [3.05, 3.63) is 0 Å². The Balaban J connectivity index is 1.47. The fraction of sp³-hybridized carbons (Fsp3) is 1.00. The molecule has 2 nitrogen and oxygen atoms in total. The summed E-state index contributed by atoms with van der Waals surface area (Å²) < 4.78 is 5.90. The minimum absolute atomic E-state index is 0.0310. The van der Waals surface area contributed by atoms with E-state index in [1.165, 1.54) is 44.9 Å². The first-order valence-corrected chi connectivity index (χ1v) is 9.36. The van der Waals surface area contributed by atoms with Gasteiger partial charge in [0, 0.05) is 0 Å². The highest BCUT2D eigenvalue weighted by atomic mass is 16.6. The van der Waals surface area contributed by atoms with Gasteiger partial charge in [-0.15, -0.1) is 0 Å². The van der Waals surface area contributed by atoms with Crippen LogP contribution in [0.2, 0.25) is 0 Å². The van der Waals surface area contributed by atoms with E-state index in [0.29, 0.717) is 17.6 Å². The molecular weight excluding hydrogens is 260 g/mol. The van der Waals surface area contributed by atoms with Crippen molar-refractivity contribution in [3.63, 3.8) is 0 Å². The Hall–Kier alpha value is -0.0800. The number of hydrogen-bond acceptors (Lipinski definition) is 2. The van der Waals surface area contributed by atoms with Gasteiger partial charge in [0.25, 0.3) is 0 Å². The summed E-state index contributed by atoms with van der Waals surface area (Å²) in [6.07, 6.45) is 11.7. The van der Waals surface area contributed by atoms with Gasteiger partial charge in [-0.25, -0.2) is 0 Å². The maximum absolute atomic E-state index is 10.5. The molecule has 2 heteroatoms. The molecule has 5 aliphatic rings. The highest BCUT2D eigenvalue weighted by Gasteiger charge is 2.63. The Morgan fingerprint density at radius 1 is 0.905 bits per heavy atom.